The van der Waals surface area contributed by atoms with Crippen molar-refractivity contribution in [3.8, 4) is 22.3 Å². The van der Waals surface area contributed by atoms with Crippen LogP contribution in [0.25, 0.3) is 60.5 Å². The number of hydrogen-bond donors (Lipinski definition) is 0. The Morgan fingerprint density at radius 2 is 1.20 bits per heavy atom. The Balaban J connectivity index is 1.05. The summed E-state index contributed by atoms with van der Waals surface area (Å²) in [5.74, 6) is 0.287. The molecule has 9 aromatic rings. The molecule has 4 aliphatic rings. The van der Waals surface area contributed by atoms with Crippen molar-refractivity contribution in [1.82, 2.24) is 0 Å². The number of hydrogen-bond acceptors (Lipinski definition) is 2. The van der Waals surface area contributed by atoms with Gasteiger partial charge in [0.1, 0.15) is 11.2 Å². The van der Waals surface area contributed by atoms with Gasteiger partial charge in [-0.2, -0.15) is 0 Å². The number of rotatable bonds is 5. The van der Waals surface area contributed by atoms with Gasteiger partial charge < -0.3 is 9.32 Å². The lowest BCUT2D eigenvalue weighted by molar-refractivity contribution is 0.663. The quantitative estimate of drug-likeness (QED) is 0.173. The first-order valence-corrected chi connectivity index (χ1v) is 21.6. The summed E-state index contributed by atoms with van der Waals surface area (Å²) in [5.41, 5.74) is 18.6. The minimum atomic E-state index is -0.380. The van der Waals surface area contributed by atoms with E-state index in [4.69, 9.17) is 4.42 Å². The summed E-state index contributed by atoms with van der Waals surface area (Å²) in [4.78, 5) is 2.63. The van der Waals surface area contributed by atoms with Gasteiger partial charge in [-0.25, -0.2) is 0 Å². The number of furan rings is 1. The highest BCUT2D eigenvalue weighted by molar-refractivity contribution is 6.20. The Hall–Kier alpha value is -7.42. The Morgan fingerprint density at radius 3 is 1.93 bits per heavy atom. The van der Waals surface area contributed by atoms with Crippen molar-refractivity contribution >= 4 is 49.7 Å². The molecule has 0 amide bonds. The molecule has 2 heteroatoms. The van der Waals surface area contributed by atoms with Crippen LogP contribution < -0.4 is 4.90 Å². The lowest BCUT2D eigenvalue weighted by atomic mass is 9.67. The maximum atomic E-state index is 6.89. The second-order valence-corrected chi connectivity index (χ2v) is 17.0. The van der Waals surface area contributed by atoms with E-state index in [1.165, 1.54) is 77.7 Å². The lowest BCUT2D eigenvalue weighted by Gasteiger charge is -2.39. The van der Waals surface area contributed by atoms with Crippen LogP contribution in [0, 0.1) is 0 Å². The van der Waals surface area contributed by atoms with Gasteiger partial charge >= 0.3 is 0 Å². The van der Waals surface area contributed by atoms with Gasteiger partial charge in [0.15, 0.2) is 0 Å². The highest BCUT2D eigenvalue weighted by Crippen LogP contribution is 2.64. The van der Waals surface area contributed by atoms with Gasteiger partial charge in [-0.05, 0) is 98.3 Å². The SMILES string of the molecule is C1=CCC(c2cccc3oc4c5ccccc5c(N(c5ccc(-c6ccccc6)cc5)C5C=CC6=C(C5)C5(c7ccccc76)c6ccccc6-c6ccccc65)cc4c23)C=C1. The summed E-state index contributed by atoms with van der Waals surface area (Å²) >= 11 is 0. The molecule has 2 nitrogen and oxygen atoms in total. The molecule has 2 atom stereocenters. The predicted octanol–water partition coefficient (Wildman–Crippen LogP) is 15.3. The van der Waals surface area contributed by atoms with Crippen molar-refractivity contribution in [3.05, 3.63) is 246 Å². The van der Waals surface area contributed by atoms with Crippen molar-refractivity contribution in [1.29, 1.82) is 0 Å². The minimum Gasteiger partial charge on any atom is -0.455 e. The van der Waals surface area contributed by atoms with Crippen LogP contribution >= 0.6 is 0 Å². The minimum absolute atomic E-state index is 0.0114. The van der Waals surface area contributed by atoms with Crippen LogP contribution in [-0.2, 0) is 5.41 Å². The summed E-state index contributed by atoms with van der Waals surface area (Å²) in [5, 5.41) is 4.68. The number of fused-ring (bicyclic) bond motifs is 14. The lowest BCUT2D eigenvalue weighted by Crippen LogP contribution is -2.36. The average molecular weight is 780 g/mol. The second-order valence-electron chi connectivity index (χ2n) is 17.0. The molecule has 2 unspecified atom stereocenters. The molecule has 1 spiro atoms. The molecule has 1 heterocycles. The summed E-state index contributed by atoms with van der Waals surface area (Å²) in [7, 11) is 0. The van der Waals surface area contributed by atoms with Crippen LogP contribution in [-0.4, -0.2) is 6.04 Å². The molecule has 13 rings (SSSR count). The number of anilines is 2. The zero-order valence-corrected chi connectivity index (χ0v) is 33.6. The highest BCUT2D eigenvalue weighted by atomic mass is 16.3. The van der Waals surface area contributed by atoms with E-state index in [9.17, 15) is 0 Å². The molecule has 4 aliphatic carbocycles. The highest BCUT2D eigenvalue weighted by Gasteiger charge is 2.53. The first-order chi connectivity index (χ1) is 30.3. The summed E-state index contributed by atoms with van der Waals surface area (Å²) in [6.07, 6.45) is 15.7. The zero-order chi connectivity index (χ0) is 40.1. The van der Waals surface area contributed by atoms with E-state index in [0.717, 1.165) is 40.5 Å². The summed E-state index contributed by atoms with van der Waals surface area (Å²) in [6, 6.07) is 65.3. The molecular formula is C59H41NO. The third kappa shape index (κ3) is 4.91. The molecule has 61 heavy (non-hydrogen) atoms. The van der Waals surface area contributed by atoms with E-state index in [-0.39, 0.29) is 17.4 Å². The van der Waals surface area contributed by atoms with Crippen LogP contribution in [0.4, 0.5) is 11.4 Å². The average Bonchev–Trinajstić information content (AvgIpc) is 3.97. The molecule has 8 aromatic carbocycles. The Labute approximate surface area is 355 Å². The van der Waals surface area contributed by atoms with Gasteiger partial charge in [-0.3, -0.25) is 0 Å². The monoisotopic (exact) mass is 779 g/mol. The maximum Gasteiger partial charge on any atom is 0.143 e. The first kappa shape index (κ1) is 34.4. The van der Waals surface area contributed by atoms with E-state index in [2.05, 4.69) is 217 Å². The Kier molecular flexibility index (Phi) is 7.51. The largest absolute Gasteiger partial charge is 0.455 e. The van der Waals surface area contributed by atoms with Crippen molar-refractivity contribution < 1.29 is 4.42 Å². The van der Waals surface area contributed by atoms with Crippen LogP contribution in [0.3, 0.4) is 0 Å². The molecular weight excluding hydrogens is 739 g/mol. The molecule has 0 saturated carbocycles. The fraction of sp³-hybridized carbons (Fsp3) is 0.0847. The van der Waals surface area contributed by atoms with E-state index < -0.39 is 0 Å². The van der Waals surface area contributed by atoms with Crippen LogP contribution in [0.1, 0.15) is 46.6 Å². The van der Waals surface area contributed by atoms with Gasteiger partial charge in [0.2, 0.25) is 0 Å². The number of benzene rings is 8. The number of nitrogens with zero attached hydrogens (tertiary/aromatic N) is 1. The third-order valence-electron chi connectivity index (χ3n) is 14.0. The van der Waals surface area contributed by atoms with Gasteiger partial charge in [-0.15, -0.1) is 0 Å². The third-order valence-corrected chi connectivity index (χ3v) is 14.0. The Bertz CT molecular complexity index is 3330. The molecule has 0 saturated heterocycles. The van der Waals surface area contributed by atoms with Gasteiger partial charge in [0.25, 0.3) is 0 Å². The van der Waals surface area contributed by atoms with E-state index in [1.807, 2.05) is 0 Å². The molecule has 288 valence electrons. The summed E-state index contributed by atoms with van der Waals surface area (Å²) in [6.45, 7) is 0. The van der Waals surface area contributed by atoms with Crippen molar-refractivity contribution in [2.45, 2.75) is 30.2 Å². The van der Waals surface area contributed by atoms with Crippen LogP contribution in [0.5, 0.6) is 0 Å². The predicted molar refractivity (Wildman–Crippen MR) is 254 cm³/mol. The first-order valence-electron chi connectivity index (χ1n) is 21.6. The zero-order valence-electron chi connectivity index (χ0n) is 33.6. The number of allylic oxidation sites excluding steroid dienone is 6. The van der Waals surface area contributed by atoms with E-state index in [0.29, 0.717) is 0 Å². The van der Waals surface area contributed by atoms with Crippen LogP contribution in [0.2, 0.25) is 0 Å². The maximum absolute atomic E-state index is 6.89. The fourth-order valence-electron chi connectivity index (χ4n) is 11.5. The van der Waals surface area contributed by atoms with Crippen molar-refractivity contribution in [3.63, 3.8) is 0 Å². The molecule has 0 radical (unpaired) electrons. The topological polar surface area (TPSA) is 16.4 Å². The standard InChI is InChI=1S/C59H41NO/c1-3-16-38(17-4-1)39-30-32-41(33-31-39)60(55-37-50-57-43(40-18-5-2-6-19-40)25-15-29-56(57)61-58(50)49-24-8-7-23-48(49)55)42-34-35-47-46-22-11-14-28-53(46)59(54(47)36-42)51-26-12-9-20-44(51)45-21-10-13-27-52(45)59/h1-18,20-35,37,40,42H,19,36H2. The van der Waals surface area contributed by atoms with Gasteiger partial charge in [-0.1, -0.05) is 188 Å². The van der Waals surface area contributed by atoms with Gasteiger partial charge in [0, 0.05) is 33.2 Å². The fourth-order valence-corrected chi connectivity index (χ4v) is 11.5. The molecule has 0 fully saturated rings. The second kappa shape index (κ2) is 13.3. The molecule has 1 aromatic heterocycles. The normalized spacial score (nSPS) is 17.9. The summed E-state index contributed by atoms with van der Waals surface area (Å²) < 4.78 is 6.89. The van der Waals surface area contributed by atoms with E-state index >= 15 is 0 Å². The molecule has 0 aliphatic heterocycles. The van der Waals surface area contributed by atoms with Gasteiger partial charge in [0.05, 0.1) is 17.1 Å². The Morgan fingerprint density at radius 1 is 0.541 bits per heavy atom. The van der Waals surface area contributed by atoms with E-state index in [1.54, 1.807) is 0 Å². The van der Waals surface area contributed by atoms with Crippen molar-refractivity contribution in [2.24, 2.45) is 0 Å². The van der Waals surface area contributed by atoms with Crippen molar-refractivity contribution in [2.75, 3.05) is 4.90 Å². The smallest absolute Gasteiger partial charge is 0.143 e. The molecule has 0 bridgehead atoms. The van der Waals surface area contributed by atoms with Crippen LogP contribution in [0.15, 0.2) is 222 Å². The molecule has 0 N–H and O–H groups in total.